The lowest BCUT2D eigenvalue weighted by molar-refractivity contribution is -0.327. The van der Waals surface area contributed by atoms with E-state index in [1.54, 1.807) is 0 Å². The maximum absolute atomic E-state index is 14.1. The summed E-state index contributed by atoms with van der Waals surface area (Å²) in [6.45, 7) is 18.2. The second-order valence-electron chi connectivity index (χ2n) is 16.9. The summed E-state index contributed by atoms with van der Waals surface area (Å²) in [5.74, 6) is 0.0298. The first kappa shape index (κ1) is 31.4. The Balaban J connectivity index is 1.43. The van der Waals surface area contributed by atoms with E-state index in [-0.39, 0.29) is 58.0 Å². The molecule has 7 heteroatoms. The highest BCUT2D eigenvalue weighted by Gasteiger charge is 2.64. The van der Waals surface area contributed by atoms with Crippen LogP contribution in [-0.2, 0) is 19.3 Å². The van der Waals surface area contributed by atoms with E-state index >= 15 is 0 Å². The molecule has 2 saturated carbocycles. The van der Waals surface area contributed by atoms with Crippen LogP contribution in [0.25, 0.3) is 0 Å². The Hall–Kier alpha value is -1.02. The van der Waals surface area contributed by atoms with Gasteiger partial charge in [0.2, 0.25) is 11.8 Å². The standard InChI is InChI=1S/C34H59N3O4/c1-30(2)19-24(20-31(3,4)36(30)40-26-15-11-9-12-16-26)34(23-28(38)35-29(34)39)25-21-32(5,6)37(33(7,8)22-25)41-27-17-13-10-14-18-27/h24-27H,9-23H2,1-8H3,(H,35,38,39). The van der Waals surface area contributed by atoms with E-state index in [9.17, 15) is 9.59 Å². The zero-order chi connectivity index (χ0) is 29.8. The summed E-state index contributed by atoms with van der Waals surface area (Å²) in [5, 5.41) is 7.36. The van der Waals surface area contributed by atoms with Crippen LogP contribution in [0.4, 0.5) is 0 Å². The van der Waals surface area contributed by atoms with Crippen molar-refractivity contribution in [3.05, 3.63) is 0 Å². The second-order valence-corrected chi connectivity index (χ2v) is 16.9. The Morgan fingerprint density at radius 3 is 1.22 bits per heavy atom. The Bertz CT molecular complexity index is 880. The van der Waals surface area contributed by atoms with Crippen LogP contribution in [0.5, 0.6) is 0 Å². The maximum atomic E-state index is 14.1. The average molecular weight is 574 g/mol. The van der Waals surface area contributed by atoms with Gasteiger partial charge in [-0.15, -0.1) is 0 Å². The van der Waals surface area contributed by atoms with E-state index in [0.29, 0.717) is 6.42 Å². The smallest absolute Gasteiger partial charge is 0.233 e. The molecule has 0 bridgehead atoms. The number of hydrogen-bond donors (Lipinski definition) is 1. The molecular formula is C34H59N3O4. The summed E-state index contributed by atoms with van der Waals surface area (Å²) in [5.41, 5.74) is -1.72. The summed E-state index contributed by atoms with van der Waals surface area (Å²) in [6.07, 6.45) is 16.3. The van der Waals surface area contributed by atoms with E-state index in [1.165, 1.54) is 38.5 Å². The number of nitrogens with one attached hydrogen (secondary N) is 1. The minimum Gasteiger partial charge on any atom is -0.296 e. The van der Waals surface area contributed by atoms with Crippen molar-refractivity contribution in [1.29, 1.82) is 0 Å². The zero-order valence-electron chi connectivity index (χ0n) is 27.4. The average Bonchev–Trinajstić information content (AvgIpc) is 3.18. The van der Waals surface area contributed by atoms with E-state index < -0.39 is 5.41 Å². The van der Waals surface area contributed by atoms with Gasteiger partial charge in [0.1, 0.15) is 0 Å². The van der Waals surface area contributed by atoms with Crippen molar-refractivity contribution in [2.45, 2.75) is 186 Å². The molecule has 0 radical (unpaired) electrons. The van der Waals surface area contributed by atoms with Gasteiger partial charge in [-0.2, -0.15) is 10.1 Å². The third kappa shape index (κ3) is 6.04. The van der Waals surface area contributed by atoms with Gasteiger partial charge in [-0.25, -0.2) is 0 Å². The van der Waals surface area contributed by atoms with Crippen LogP contribution >= 0.6 is 0 Å². The molecule has 0 atom stereocenters. The third-order valence-corrected chi connectivity index (χ3v) is 11.4. The van der Waals surface area contributed by atoms with Crippen molar-refractivity contribution < 1.29 is 19.3 Å². The Morgan fingerprint density at radius 2 is 0.927 bits per heavy atom. The van der Waals surface area contributed by atoms with Crippen molar-refractivity contribution >= 4 is 11.8 Å². The number of piperidine rings is 2. The summed E-state index contributed by atoms with van der Waals surface area (Å²) in [4.78, 5) is 40.8. The molecule has 1 N–H and O–H groups in total. The SMILES string of the molecule is CC1(C)CC(C2(C3CC(C)(C)N(OC4CCCCC4)C(C)(C)C3)CC(=O)NC2=O)CC(C)(C)N1OC1CCCCC1. The lowest BCUT2D eigenvalue weighted by Gasteiger charge is -2.61. The number of amides is 2. The van der Waals surface area contributed by atoms with E-state index in [0.717, 1.165) is 51.4 Å². The lowest BCUT2D eigenvalue weighted by Crippen LogP contribution is -2.67. The van der Waals surface area contributed by atoms with Crippen molar-refractivity contribution in [3.63, 3.8) is 0 Å². The van der Waals surface area contributed by atoms with Gasteiger partial charge < -0.3 is 0 Å². The molecule has 5 fully saturated rings. The molecule has 0 aromatic rings. The van der Waals surface area contributed by atoms with Gasteiger partial charge in [-0.05, 0) is 119 Å². The van der Waals surface area contributed by atoms with Gasteiger partial charge in [-0.3, -0.25) is 24.6 Å². The summed E-state index contributed by atoms with van der Waals surface area (Å²) >= 11 is 0. The zero-order valence-corrected chi connectivity index (χ0v) is 27.4. The van der Waals surface area contributed by atoms with Gasteiger partial charge in [0.05, 0.1) is 17.6 Å². The number of imide groups is 1. The molecule has 5 aliphatic rings. The predicted molar refractivity (Wildman–Crippen MR) is 162 cm³/mol. The predicted octanol–water partition coefficient (Wildman–Crippen LogP) is 7.09. The monoisotopic (exact) mass is 573 g/mol. The maximum Gasteiger partial charge on any atom is 0.233 e. The van der Waals surface area contributed by atoms with Crippen LogP contribution in [0.3, 0.4) is 0 Å². The van der Waals surface area contributed by atoms with Crippen LogP contribution in [-0.4, -0.2) is 56.3 Å². The first-order valence-electron chi connectivity index (χ1n) is 16.9. The van der Waals surface area contributed by atoms with E-state index in [2.05, 4.69) is 70.8 Å². The van der Waals surface area contributed by atoms with E-state index in [4.69, 9.17) is 9.68 Å². The fourth-order valence-electron chi connectivity index (χ4n) is 10.1. The Kier molecular flexibility index (Phi) is 8.55. The largest absolute Gasteiger partial charge is 0.296 e. The molecule has 0 aromatic heterocycles. The van der Waals surface area contributed by atoms with Gasteiger partial charge in [0.15, 0.2) is 0 Å². The third-order valence-electron chi connectivity index (χ3n) is 11.4. The van der Waals surface area contributed by atoms with Crippen molar-refractivity contribution in [2.75, 3.05) is 0 Å². The Labute approximate surface area is 249 Å². The number of carbonyl (C=O) groups is 2. The summed E-state index contributed by atoms with van der Waals surface area (Å²) in [7, 11) is 0. The molecule has 41 heavy (non-hydrogen) atoms. The number of nitrogens with zero attached hydrogens (tertiary/aromatic N) is 2. The molecule has 7 nitrogen and oxygen atoms in total. The molecule has 3 saturated heterocycles. The van der Waals surface area contributed by atoms with Crippen LogP contribution < -0.4 is 5.32 Å². The molecule has 0 aromatic carbocycles. The molecule has 2 amide bonds. The van der Waals surface area contributed by atoms with Gasteiger partial charge >= 0.3 is 0 Å². The van der Waals surface area contributed by atoms with Crippen LogP contribution in [0.2, 0.25) is 0 Å². The van der Waals surface area contributed by atoms with Crippen molar-refractivity contribution in [2.24, 2.45) is 17.3 Å². The Morgan fingerprint density at radius 1 is 0.585 bits per heavy atom. The van der Waals surface area contributed by atoms with Crippen LogP contribution in [0.15, 0.2) is 0 Å². The normalized spacial score (nSPS) is 31.8. The molecule has 3 aliphatic heterocycles. The van der Waals surface area contributed by atoms with Crippen molar-refractivity contribution in [3.8, 4) is 0 Å². The number of hydroxylamine groups is 4. The fourth-order valence-corrected chi connectivity index (χ4v) is 10.1. The second kappa shape index (κ2) is 11.2. The fraction of sp³-hybridized carbons (Fsp3) is 0.941. The van der Waals surface area contributed by atoms with Crippen molar-refractivity contribution in [1.82, 2.24) is 15.4 Å². The highest BCUT2D eigenvalue weighted by molar-refractivity contribution is 6.06. The van der Waals surface area contributed by atoms with Crippen LogP contribution in [0, 0.1) is 17.3 Å². The minimum atomic E-state index is -0.714. The molecule has 5 rings (SSSR count). The molecule has 3 heterocycles. The molecule has 234 valence electrons. The minimum absolute atomic E-state index is 0.0426. The first-order valence-corrected chi connectivity index (χ1v) is 16.9. The molecular weight excluding hydrogens is 514 g/mol. The van der Waals surface area contributed by atoms with E-state index in [1.807, 2.05) is 0 Å². The molecule has 0 unspecified atom stereocenters. The van der Waals surface area contributed by atoms with Gasteiger partial charge in [-0.1, -0.05) is 38.5 Å². The molecule has 2 aliphatic carbocycles. The molecule has 0 spiro atoms. The highest BCUT2D eigenvalue weighted by atomic mass is 16.7. The summed E-state index contributed by atoms with van der Waals surface area (Å²) < 4.78 is 0. The first-order chi connectivity index (χ1) is 19.1. The number of hydrogen-bond acceptors (Lipinski definition) is 6. The quantitative estimate of drug-likeness (QED) is 0.342. The lowest BCUT2D eigenvalue weighted by atomic mass is 9.53. The highest BCUT2D eigenvalue weighted by Crippen LogP contribution is 2.59. The van der Waals surface area contributed by atoms with Gasteiger partial charge in [0, 0.05) is 28.6 Å². The number of carbonyl (C=O) groups excluding carboxylic acids is 2. The number of rotatable bonds is 6. The van der Waals surface area contributed by atoms with Crippen LogP contribution in [0.1, 0.15) is 152 Å². The van der Waals surface area contributed by atoms with Gasteiger partial charge in [0.25, 0.3) is 0 Å². The topological polar surface area (TPSA) is 71.1 Å². The summed E-state index contributed by atoms with van der Waals surface area (Å²) in [6, 6.07) is 0.